The SMILES string of the molecule is O=C(c1ccc(C2CCCCC2)cc1)N1CCC(c2nc3ccccc3o2)CC1. The number of aromatic nitrogens is 1. The fourth-order valence-electron chi connectivity index (χ4n) is 4.91. The molecule has 2 aromatic carbocycles. The summed E-state index contributed by atoms with van der Waals surface area (Å²) in [6.45, 7) is 1.51. The lowest BCUT2D eigenvalue weighted by Crippen LogP contribution is -2.38. The smallest absolute Gasteiger partial charge is 0.253 e. The molecule has 2 fully saturated rings. The van der Waals surface area contributed by atoms with E-state index in [1.165, 1.54) is 37.7 Å². The van der Waals surface area contributed by atoms with Crippen LogP contribution in [0.5, 0.6) is 0 Å². The van der Waals surface area contributed by atoms with Crippen molar-refractivity contribution in [3.05, 3.63) is 65.5 Å². The Balaban J connectivity index is 1.21. The molecule has 0 spiro atoms. The molecule has 0 unspecified atom stereocenters. The number of piperidine rings is 1. The van der Waals surface area contributed by atoms with Crippen LogP contribution >= 0.6 is 0 Å². The van der Waals surface area contributed by atoms with E-state index in [4.69, 9.17) is 4.42 Å². The van der Waals surface area contributed by atoms with Crippen LogP contribution in [0.2, 0.25) is 0 Å². The molecule has 3 aromatic rings. The van der Waals surface area contributed by atoms with Gasteiger partial charge in [-0.1, -0.05) is 43.5 Å². The van der Waals surface area contributed by atoms with E-state index in [0.29, 0.717) is 11.8 Å². The van der Waals surface area contributed by atoms with Crippen LogP contribution in [0.4, 0.5) is 0 Å². The molecule has 0 radical (unpaired) electrons. The number of hydrogen-bond donors (Lipinski definition) is 0. The van der Waals surface area contributed by atoms with Crippen molar-refractivity contribution in [3.63, 3.8) is 0 Å². The van der Waals surface area contributed by atoms with E-state index < -0.39 is 0 Å². The van der Waals surface area contributed by atoms with E-state index in [0.717, 1.165) is 48.5 Å². The van der Waals surface area contributed by atoms with Crippen molar-refractivity contribution in [3.8, 4) is 0 Å². The fraction of sp³-hybridized carbons (Fsp3) is 0.440. The zero-order valence-corrected chi connectivity index (χ0v) is 16.8. The number of nitrogens with zero attached hydrogens (tertiary/aromatic N) is 2. The lowest BCUT2D eigenvalue weighted by molar-refractivity contribution is 0.0706. The largest absolute Gasteiger partial charge is 0.440 e. The molecule has 5 rings (SSSR count). The molecule has 0 bridgehead atoms. The minimum Gasteiger partial charge on any atom is -0.440 e. The predicted octanol–water partition coefficient (Wildman–Crippen LogP) is 5.90. The Kier molecular flexibility index (Phi) is 5.09. The molecule has 29 heavy (non-hydrogen) atoms. The van der Waals surface area contributed by atoms with E-state index in [9.17, 15) is 4.79 Å². The van der Waals surface area contributed by atoms with E-state index in [2.05, 4.69) is 17.1 Å². The Labute approximate surface area is 171 Å². The minimum atomic E-state index is 0.149. The van der Waals surface area contributed by atoms with Gasteiger partial charge >= 0.3 is 0 Å². The summed E-state index contributed by atoms with van der Waals surface area (Å²) in [5.41, 5.74) is 3.97. The number of carbonyl (C=O) groups excluding carboxylic acids is 1. The van der Waals surface area contributed by atoms with Gasteiger partial charge in [0.25, 0.3) is 5.91 Å². The average Bonchev–Trinajstić information content (AvgIpc) is 3.24. The Hall–Kier alpha value is -2.62. The summed E-state index contributed by atoms with van der Waals surface area (Å²) in [5, 5.41) is 0. The first kappa shape index (κ1) is 18.4. The summed E-state index contributed by atoms with van der Waals surface area (Å²) < 4.78 is 5.94. The van der Waals surface area contributed by atoms with Gasteiger partial charge in [-0.05, 0) is 61.4 Å². The summed E-state index contributed by atoms with van der Waals surface area (Å²) in [7, 11) is 0. The maximum absolute atomic E-state index is 13.0. The first-order valence-electron chi connectivity index (χ1n) is 11.0. The Morgan fingerprint density at radius 3 is 2.31 bits per heavy atom. The molecule has 0 atom stereocenters. The molecule has 1 aliphatic carbocycles. The molecule has 2 aliphatic rings. The monoisotopic (exact) mass is 388 g/mol. The first-order valence-corrected chi connectivity index (χ1v) is 11.0. The van der Waals surface area contributed by atoms with Crippen LogP contribution in [0.25, 0.3) is 11.1 Å². The summed E-state index contributed by atoms with van der Waals surface area (Å²) >= 11 is 0. The lowest BCUT2D eigenvalue weighted by atomic mass is 9.84. The molecular weight excluding hydrogens is 360 g/mol. The van der Waals surface area contributed by atoms with Crippen LogP contribution < -0.4 is 0 Å². The molecule has 4 heteroatoms. The summed E-state index contributed by atoms with van der Waals surface area (Å²) in [4.78, 5) is 19.6. The van der Waals surface area contributed by atoms with Crippen molar-refractivity contribution < 1.29 is 9.21 Å². The zero-order chi connectivity index (χ0) is 19.6. The molecule has 2 heterocycles. The van der Waals surface area contributed by atoms with Crippen molar-refractivity contribution in [1.82, 2.24) is 9.88 Å². The van der Waals surface area contributed by atoms with E-state index in [-0.39, 0.29) is 5.91 Å². The highest BCUT2D eigenvalue weighted by Gasteiger charge is 2.27. The third kappa shape index (κ3) is 3.81. The van der Waals surface area contributed by atoms with Gasteiger partial charge in [0.05, 0.1) is 0 Å². The maximum atomic E-state index is 13.0. The highest BCUT2D eigenvalue weighted by molar-refractivity contribution is 5.94. The Bertz CT molecular complexity index is 944. The molecule has 150 valence electrons. The second-order valence-corrected chi connectivity index (χ2v) is 8.54. The first-order chi connectivity index (χ1) is 14.3. The summed E-state index contributed by atoms with van der Waals surface area (Å²) in [6.07, 6.45) is 8.41. The topological polar surface area (TPSA) is 46.3 Å². The van der Waals surface area contributed by atoms with Gasteiger partial charge in [0.2, 0.25) is 0 Å². The molecular formula is C25H28N2O2. The standard InChI is InChI=1S/C25H28N2O2/c28-25(21-12-10-19(11-13-21)18-6-2-1-3-7-18)27-16-14-20(15-17-27)24-26-22-8-4-5-9-23(22)29-24/h4-5,8-13,18,20H,1-3,6-7,14-17H2. The minimum absolute atomic E-state index is 0.149. The van der Waals surface area contributed by atoms with Gasteiger partial charge in [0, 0.05) is 24.6 Å². The van der Waals surface area contributed by atoms with Crippen molar-refractivity contribution >= 4 is 17.0 Å². The third-order valence-electron chi connectivity index (χ3n) is 6.68. The highest BCUT2D eigenvalue weighted by Crippen LogP contribution is 2.33. The number of likely N-dealkylation sites (tertiary alicyclic amines) is 1. The maximum Gasteiger partial charge on any atom is 0.253 e. The highest BCUT2D eigenvalue weighted by atomic mass is 16.3. The molecule has 4 nitrogen and oxygen atoms in total. The Morgan fingerprint density at radius 2 is 1.59 bits per heavy atom. The van der Waals surface area contributed by atoms with E-state index >= 15 is 0 Å². The normalized spacial score (nSPS) is 19.0. The number of oxazole rings is 1. The van der Waals surface area contributed by atoms with Gasteiger partial charge < -0.3 is 9.32 Å². The van der Waals surface area contributed by atoms with Crippen LogP contribution in [0.3, 0.4) is 0 Å². The van der Waals surface area contributed by atoms with Crippen LogP contribution in [0.1, 0.15) is 78.6 Å². The van der Waals surface area contributed by atoms with Crippen LogP contribution in [-0.2, 0) is 0 Å². The molecule has 1 saturated heterocycles. The summed E-state index contributed by atoms with van der Waals surface area (Å²) in [5.74, 6) is 1.94. The van der Waals surface area contributed by atoms with Crippen molar-refractivity contribution in [2.75, 3.05) is 13.1 Å². The fourth-order valence-corrected chi connectivity index (χ4v) is 4.91. The Morgan fingerprint density at radius 1 is 0.862 bits per heavy atom. The number of benzene rings is 2. The number of rotatable bonds is 3. The molecule has 1 aliphatic heterocycles. The van der Waals surface area contributed by atoms with Gasteiger partial charge in [0.1, 0.15) is 5.52 Å². The molecule has 0 N–H and O–H groups in total. The quantitative estimate of drug-likeness (QED) is 0.561. The second kappa shape index (κ2) is 8.02. The number of carbonyl (C=O) groups is 1. The number of amides is 1. The van der Waals surface area contributed by atoms with Crippen molar-refractivity contribution in [1.29, 1.82) is 0 Å². The van der Waals surface area contributed by atoms with Gasteiger partial charge in [0.15, 0.2) is 11.5 Å². The van der Waals surface area contributed by atoms with Crippen molar-refractivity contribution in [2.45, 2.75) is 56.8 Å². The summed E-state index contributed by atoms with van der Waals surface area (Å²) in [6, 6.07) is 16.3. The molecule has 1 amide bonds. The zero-order valence-electron chi connectivity index (χ0n) is 16.8. The van der Waals surface area contributed by atoms with Crippen LogP contribution in [-0.4, -0.2) is 28.9 Å². The van der Waals surface area contributed by atoms with Gasteiger partial charge in [-0.15, -0.1) is 0 Å². The van der Waals surface area contributed by atoms with Gasteiger partial charge in [-0.25, -0.2) is 4.98 Å². The van der Waals surface area contributed by atoms with Crippen LogP contribution in [0, 0.1) is 0 Å². The van der Waals surface area contributed by atoms with Crippen molar-refractivity contribution in [2.24, 2.45) is 0 Å². The van der Waals surface area contributed by atoms with E-state index in [1.54, 1.807) is 0 Å². The third-order valence-corrected chi connectivity index (χ3v) is 6.68. The van der Waals surface area contributed by atoms with Gasteiger partial charge in [-0.2, -0.15) is 0 Å². The van der Waals surface area contributed by atoms with E-state index in [1.807, 2.05) is 41.3 Å². The predicted molar refractivity (Wildman–Crippen MR) is 114 cm³/mol. The number of fused-ring (bicyclic) bond motifs is 1. The average molecular weight is 389 g/mol. The molecule has 1 saturated carbocycles. The van der Waals surface area contributed by atoms with Crippen LogP contribution in [0.15, 0.2) is 52.9 Å². The second-order valence-electron chi connectivity index (χ2n) is 8.54. The lowest BCUT2D eigenvalue weighted by Gasteiger charge is -2.30. The van der Waals surface area contributed by atoms with Gasteiger partial charge in [-0.3, -0.25) is 4.79 Å². The number of para-hydroxylation sites is 2. The molecule has 1 aromatic heterocycles. The number of hydrogen-bond acceptors (Lipinski definition) is 3.